The van der Waals surface area contributed by atoms with Gasteiger partial charge in [-0.15, -0.1) is 37.2 Å². The number of rotatable bonds is 7. The first-order valence-corrected chi connectivity index (χ1v) is 11.3. The predicted octanol–water partition coefficient (Wildman–Crippen LogP) is 6.43. The van der Waals surface area contributed by atoms with E-state index in [-0.39, 0.29) is 37.2 Å². The summed E-state index contributed by atoms with van der Waals surface area (Å²) in [6.45, 7) is 1.69. The molecule has 10 heteroatoms. The zero-order valence-corrected chi connectivity index (χ0v) is 24.1. The van der Waals surface area contributed by atoms with Crippen LogP contribution in [0.2, 0.25) is 0 Å². The van der Waals surface area contributed by atoms with Gasteiger partial charge in [0.15, 0.2) is 5.65 Å². The van der Waals surface area contributed by atoms with Gasteiger partial charge in [-0.25, -0.2) is 15.0 Å². The predicted molar refractivity (Wildman–Crippen MR) is 159 cm³/mol. The Kier molecular flexibility index (Phi) is 12.2. The van der Waals surface area contributed by atoms with Crippen LogP contribution in [0.4, 0.5) is 11.5 Å². The van der Waals surface area contributed by atoms with Gasteiger partial charge in [-0.2, -0.15) is 0 Å². The lowest BCUT2D eigenvalue weighted by Crippen LogP contribution is -2.21. The second-order valence-corrected chi connectivity index (χ2v) is 9.07. The van der Waals surface area contributed by atoms with Crippen molar-refractivity contribution in [2.24, 2.45) is 0 Å². The maximum Gasteiger partial charge on any atom is 0.165 e. The number of likely N-dealkylation sites (N-methyl/N-ethyl adjacent to an activating group) is 1. The van der Waals surface area contributed by atoms with E-state index < -0.39 is 0 Å². The van der Waals surface area contributed by atoms with Crippen LogP contribution in [0.3, 0.4) is 0 Å². The number of benzene rings is 2. The lowest BCUT2D eigenvalue weighted by Gasteiger charge is -2.16. The van der Waals surface area contributed by atoms with Crippen LogP contribution >= 0.6 is 53.2 Å². The summed E-state index contributed by atoms with van der Waals surface area (Å²) in [4.78, 5) is 18.2. The van der Waals surface area contributed by atoms with Crippen LogP contribution in [0.15, 0.2) is 65.4 Å². The molecule has 2 aromatic carbocycles. The number of halogens is 4. The van der Waals surface area contributed by atoms with Gasteiger partial charge in [0.2, 0.25) is 0 Å². The van der Waals surface area contributed by atoms with Crippen molar-refractivity contribution in [1.29, 1.82) is 0 Å². The van der Waals surface area contributed by atoms with E-state index in [0.29, 0.717) is 5.65 Å². The highest BCUT2D eigenvalue weighted by atomic mass is 79.9. The molecule has 188 valence electrons. The summed E-state index contributed by atoms with van der Waals surface area (Å²) in [6, 6.07) is 18.9. The second-order valence-electron chi connectivity index (χ2n) is 8.15. The number of pyridine rings is 1. The molecular weight excluding hydrogens is 571 g/mol. The van der Waals surface area contributed by atoms with Gasteiger partial charge in [0.25, 0.3) is 0 Å². The standard InChI is InChI=1S/C25H27BrN6.3ClH/c1-31(2)14-13-27-24-23-21(17-5-9-19(26)10-6-17)15-22(30-25(23)29-16-28-24)18-7-11-20(12-8-18)32(3)4;;;/h5-12,15-16H,13-14H2,1-4H3,(H,27,28,29,30);3*1H. The fourth-order valence-electron chi connectivity index (χ4n) is 3.53. The molecular formula is C25H30BrCl3N6. The third-order valence-electron chi connectivity index (χ3n) is 5.29. The van der Waals surface area contributed by atoms with Crippen LogP contribution in [0.25, 0.3) is 33.4 Å². The van der Waals surface area contributed by atoms with Crippen LogP contribution in [-0.2, 0) is 0 Å². The molecule has 0 amide bonds. The molecule has 0 fully saturated rings. The Morgan fingerprint density at radius 3 is 2.06 bits per heavy atom. The first-order chi connectivity index (χ1) is 15.4. The smallest absolute Gasteiger partial charge is 0.165 e. The molecule has 0 aliphatic heterocycles. The average molecular weight is 601 g/mol. The summed E-state index contributed by atoms with van der Waals surface area (Å²) in [5, 5.41) is 4.40. The number of hydrogen-bond donors (Lipinski definition) is 1. The van der Waals surface area contributed by atoms with Crippen molar-refractivity contribution in [2.45, 2.75) is 0 Å². The molecule has 0 aliphatic rings. The molecule has 4 rings (SSSR count). The van der Waals surface area contributed by atoms with Gasteiger partial charge in [0.1, 0.15) is 12.1 Å². The fraction of sp³-hybridized carbons (Fsp3) is 0.240. The number of hydrogen-bond acceptors (Lipinski definition) is 6. The summed E-state index contributed by atoms with van der Waals surface area (Å²) < 4.78 is 1.04. The molecule has 6 nitrogen and oxygen atoms in total. The van der Waals surface area contributed by atoms with Crippen LogP contribution in [0.1, 0.15) is 0 Å². The number of aromatic nitrogens is 3. The Labute approximate surface area is 233 Å². The van der Waals surface area contributed by atoms with Crippen molar-refractivity contribution in [2.75, 3.05) is 51.5 Å². The third-order valence-corrected chi connectivity index (χ3v) is 5.82. The van der Waals surface area contributed by atoms with Crippen LogP contribution in [0.5, 0.6) is 0 Å². The minimum Gasteiger partial charge on any atom is -0.378 e. The highest BCUT2D eigenvalue weighted by Crippen LogP contribution is 2.35. The minimum atomic E-state index is 0. The molecule has 2 aromatic heterocycles. The van der Waals surface area contributed by atoms with Gasteiger partial charge in [-0.05, 0) is 55.6 Å². The normalized spacial score (nSPS) is 10.2. The largest absolute Gasteiger partial charge is 0.378 e. The average Bonchev–Trinajstić information content (AvgIpc) is 2.79. The van der Waals surface area contributed by atoms with E-state index in [9.17, 15) is 0 Å². The zero-order chi connectivity index (χ0) is 22.7. The molecule has 2 heterocycles. The first-order valence-electron chi connectivity index (χ1n) is 10.5. The lowest BCUT2D eigenvalue weighted by atomic mass is 9.99. The Morgan fingerprint density at radius 1 is 0.829 bits per heavy atom. The molecule has 0 spiro atoms. The summed E-state index contributed by atoms with van der Waals surface area (Å²) in [7, 11) is 8.19. The quantitative estimate of drug-likeness (QED) is 0.264. The maximum absolute atomic E-state index is 4.90. The summed E-state index contributed by atoms with van der Waals surface area (Å²) in [5.41, 5.74) is 5.92. The van der Waals surface area contributed by atoms with Gasteiger partial charge in [-0.1, -0.05) is 40.2 Å². The highest BCUT2D eigenvalue weighted by Gasteiger charge is 2.15. The second kappa shape index (κ2) is 13.8. The Morgan fingerprint density at radius 2 is 1.46 bits per heavy atom. The summed E-state index contributed by atoms with van der Waals surface area (Å²) in [6.07, 6.45) is 1.58. The van der Waals surface area contributed by atoms with Crippen LogP contribution < -0.4 is 10.2 Å². The van der Waals surface area contributed by atoms with Gasteiger partial charge in [-0.3, -0.25) is 0 Å². The molecule has 0 saturated heterocycles. The van der Waals surface area contributed by atoms with Crippen molar-refractivity contribution in [3.05, 3.63) is 65.4 Å². The minimum absolute atomic E-state index is 0. The summed E-state index contributed by atoms with van der Waals surface area (Å²) in [5.74, 6) is 0.803. The van der Waals surface area contributed by atoms with E-state index in [1.807, 2.05) is 14.1 Å². The van der Waals surface area contributed by atoms with Gasteiger partial charge >= 0.3 is 0 Å². The van der Waals surface area contributed by atoms with Gasteiger partial charge in [0, 0.05) is 42.9 Å². The van der Waals surface area contributed by atoms with Crippen molar-refractivity contribution >= 4 is 75.7 Å². The lowest BCUT2D eigenvalue weighted by molar-refractivity contribution is 0.425. The monoisotopic (exact) mass is 598 g/mol. The van der Waals surface area contributed by atoms with E-state index >= 15 is 0 Å². The van der Waals surface area contributed by atoms with E-state index in [1.165, 1.54) is 0 Å². The van der Waals surface area contributed by atoms with E-state index in [1.54, 1.807) is 6.33 Å². The molecule has 4 aromatic rings. The van der Waals surface area contributed by atoms with Crippen LogP contribution in [0, 0.1) is 0 Å². The number of nitrogens with one attached hydrogen (secondary N) is 1. The van der Waals surface area contributed by atoms with Crippen molar-refractivity contribution in [3.8, 4) is 22.4 Å². The molecule has 1 N–H and O–H groups in total. The van der Waals surface area contributed by atoms with Gasteiger partial charge in [0.05, 0.1) is 11.1 Å². The van der Waals surface area contributed by atoms with E-state index in [2.05, 4.69) is 110 Å². The van der Waals surface area contributed by atoms with E-state index in [4.69, 9.17) is 4.98 Å². The Hall–Kier alpha value is -2.16. The molecule has 0 atom stereocenters. The summed E-state index contributed by atoms with van der Waals surface area (Å²) >= 11 is 3.54. The molecule has 0 saturated carbocycles. The number of fused-ring (bicyclic) bond motifs is 1. The van der Waals surface area contributed by atoms with E-state index in [0.717, 1.165) is 56.8 Å². The van der Waals surface area contributed by atoms with Crippen molar-refractivity contribution < 1.29 is 0 Å². The molecule has 0 bridgehead atoms. The molecule has 0 unspecified atom stereocenters. The molecule has 0 radical (unpaired) electrons. The van der Waals surface area contributed by atoms with Gasteiger partial charge < -0.3 is 15.1 Å². The number of nitrogens with zero attached hydrogens (tertiary/aromatic N) is 5. The fourth-order valence-corrected chi connectivity index (χ4v) is 3.80. The van der Waals surface area contributed by atoms with Crippen molar-refractivity contribution in [1.82, 2.24) is 19.9 Å². The Bertz CT molecular complexity index is 1220. The first kappa shape index (κ1) is 30.9. The number of anilines is 2. The third kappa shape index (κ3) is 7.41. The SMILES string of the molecule is CN(C)CCNc1ncnc2nc(-c3ccc(N(C)C)cc3)cc(-c3ccc(Br)cc3)c12.Cl.Cl.Cl. The topological polar surface area (TPSA) is 57.2 Å². The maximum atomic E-state index is 4.90. The molecule has 35 heavy (non-hydrogen) atoms. The Balaban J connectivity index is 0.00000204. The van der Waals surface area contributed by atoms with Crippen molar-refractivity contribution in [3.63, 3.8) is 0 Å². The molecule has 0 aliphatic carbocycles. The zero-order valence-electron chi connectivity index (χ0n) is 20.0. The highest BCUT2D eigenvalue weighted by molar-refractivity contribution is 9.10. The van der Waals surface area contributed by atoms with Crippen LogP contribution in [-0.4, -0.2) is 61.1 Å².